The molecule has 0 spiro atoms. The zero-order valence-electron chi connectivity index (χ0n) is 12.1. The van der Waals surface area contributed by atoms with Crippen molar-refractivity contribution in [3.05, 3.63) is 0 Å². The van der Waals surface area contributed by atoms with Crippen LogP contribution in [0.3, 0.4) is 0 Å². The number of carbonyl (C=O) groups excluding carboxylic acids is 1. The average molecular weight is 292 g/mol. The van der Waals surface area contributed by atoms with E-state index in [4.69, 9.17) is 4.74 Å². The molecule has 0 aliphatic carbocycles. The Balaban J connectivity index is 2.44. The molecule has 1 N–H and O–H groups in total. The van der Waals surface area contributed by atoms with Crippen molar-refractivity contribution in [2.75, 3.05) is 19.3 Å². The van der Waals surface area contributed by atoms with Crippen LogP contribution < -0.4 is 4.72 Å². The van der Waals surface area contributed by atoms with Gasteiger partial charge in [0.2, 0.25) is 10.0 Å². The van der Waals surface area contributed by atoms with Crippen LogP contribution in [-0.2, 0) is 14.8 Å². The quantitative estimate of drug-likeness (QED) is 0.848. The first-order valence-corrected chi connectivity index (χ1v) is 8.47. The minimum absolute atomic E-state index is 0.0850. The number of nitrogens with one attached hydrogen (secondary N) is 1. The summed E-state index contributed by atoms with van der Waals surface area (Å²) in [5.74, 6) is 0. The normalized spacial score (nSPS) is 18.4. The van der Waals surface area contributed by atoms with Crippen LogP contribution in [0.1, 0.15) is 40.0 Å². The summed E-state index contributed by atoms with van der Waals surface area (Å²) in [6, 6.07) is -0.0850. The molecule has 1 fully saturated rings. The summed E-state index contributed by atoms with van der Waals surface area (Å²) in [7, 11) is -3.18. The summed E-state index contributed by atoms with van der Waals surface area (Å²) >= 11 is 0. The maximum atomic E-state index is 11.9. The van der Waals surface area contributed by atoms with Crippen molar-refractivity contribution in [2.24, 2.45) is 0 Å². The van der Waals surface area contributed by atoms with Gasteiger partial charge in [0.05, 0.1) is 6.26 Å². The topological polar surface area (TPSA) is 75.7 Å². The van der Waals surface area contributed by atoms with Crippen molar-refractivity contribution in [1.29, 1.82) is 0 Å². The van der Waals surface area contributed by atoms with E-state index in [-0.39, 0.29) is 12.1 Å². The Morgan fingerprint density at radius 2 is 1.89 bits per heavy atom. The molecule has 0 aromatic carbocycles. The van der Waals surface area contributed by atoms with Crippen LogP contribution >= 0.6 is 0 Å². The molecule has 0 unspecified atom stereocenters. The molecule has 0 aromatic rings. The second-order valence-corrected chi connectivity index (χ2v) is 7.41. The van der Waals surface area contributed by atoms with Crippen molar-refractivity contribution >= 4 is 16.1 Å². The van der Waals surface area contributed by atoms with Gasteiger partial charge < -0.3 is 9.64 Å². The summed E-state index contributed by atoms with van der Waals surface area (Å²) in [5.41, 5.74) is -0.459. The van der Waals surface area contributed by atoms with Crippen LogP contribution in [0.2, 0.25) is 0 Å². The number of nitrogens with zero attached hydrogens (tertiary/aromatic N) is 1. The lowest BCUT2D eigenvalue weighted by Gasteiger charge is -2.34. The number of hydrogen-bond acceptors (Lipinski definition) is 4. The van der Waals surface area contributed by atoms with Crippen LogP contribution in [0, 0.1) is 0 Å². The van der Waals surface area contributed by atoms with E-state index in [1.54, 1.807) is 4.90 Å². The molecule has 1 amide bonds. The number of amides is 1. The highest BCUT2D eigenvalue weighted by Crippen LogP contribution is 2.18. The molecule has 1 heterocycles. The van der Waals surface area contributed by atoms with Crippen LogP contribution in [0.15, 0.2) is 0 Å². The summed E-state index contributed by atoms with van der Waals surface area (Å²) in [6.45, 7) is 6.76. The number of carbonyl (C=O) groups is 1. The van der Waals surface area contributed by atoms with Gasteiger partial charge in [-0.15, -0.1) is 0 Å². The van der Waals surface area contributed by atoms with Crippen LogP contribution in [-0.4, -0.2) is 50.4 Å². The van der Waals surface area contributed by atoms with Crippen molar-refractivity contribution in [1.82, 2.24) is 9.62 Å². The molecular formula is C12H24N2O4S. The first-order valence-electron chi connectivity index (χ1n) is 6.58. The molecular weight excluding hydrogens is 268 g/mol. The molecule has 1 saturated heterocycles. The zero-order chi connectivity index (χ0) is 14.7. The summed E-state index contributed by atoms with van der Waals surface area (Å²) in [6.07, 6.45) is 2.83. The predicted octanol–water partition coefficient (Wildman–Crippen LogP) is 1.33. The molecule has 1 rings (SSSR count). The van der Waals surface area contributed by atoms with Gasteiger partial charge in [-0.1, -0.05) is 6.92 Å². The van der Waals surface area contributed by atoms with Crippen LogP contribution in [0.4, 0.5) is 4.79 Å². The average Bonchev–Trinajstić information content (AvgIpc) is 2.27. The van der Waals surface area contributed by atoms with Gasteiger partial charge in [-0.3, -0.25) is 0 Å². The number of piperidine rings is 1. The Kier molecular flexibility index (Phi) is 5.20. The van der Waals surface area contributed by atoms with Crippen LogP contribution in [0.25, 0.3) is 0 Å². The van der Waals surface area contributed by atoms with Crippen molar-refractivity contribution < 1.29 is 17.9 Å². The Morgan fingerprint density at radius 3 is 2.32 bits per heavy atom. The van der Waals surface area contributed by atoms with Gasteiger partial charge in [-0.2, -0.15) is 0 Å². The van der Waals surface area contributed by atoms with Gasteiger partial charge in [0.25, 0.3) is 0 Å². The van der Waals surface area contributed by atoms with Gasteiger partial charge in [-0.05, 0) is 33.1 Å². The standard InChI is InChI=1S/C12H24N2O4S/c1-5-12(2,3)18-11(15)14-8-6-10(7-9-14)13-19(4,16)17/h10,13H,5-9H2,1-4H3. The highest BCUT2D eigenvalue weighted by atomic mass is 32.2. The number of rotatable bonds is 4. The molecule has 0 radical (unpaired) electrons. The van der Waals surface area contributed by atoms with E-state index >= 15 is 0 Å². The molecule has 19 heavy (non-hydrogen) atoms. The number of sulfonamides is 1. The molecule has 0 bridgehead atoms. The Hall–Kier alpha value is -0.820. The lowest BCUT2D eigenvalue weighted by Crippen LogP contribution is -2.47. The molecule has 1 aliphatic heterocycles. The summed E-state index contributed by atoms with van der Waals surface area (Å²) < 4.78 is 30.2. The van der Waals surface area contributed by atoms with Crippen molar-refractivity contribution in [3.8, 4) is 0 Å². The maximum absolute atomic E-state index is 11.9. The van der Waals surface area contributed by atoms with Gasteiger partial charge >= 0.3 is 6.09 Å². The lowest BCUT2D eigenvalue weighted by atomic mass is 10.1. The first-order chi connectivity index (χ1) is 8.63. The molecule has 0 aromatic heterocycles. The fourth-order valence-electron chi connectivity index (χ4n) is 1.86. The van der Waals surface area contributed by atoms with Crippen LogP contribution in [0.5, 0.6) is 0 Å². The van der Waals surface area contributed by atoms with Gasteiger partial charge in [0.1, 0.15) is 5.60 Å². The smallest absolute Gasteiger partial charge is 0.410 e. The van der Waals surface area contributed by atoms with Gasteiger partial charge in [0.15, 0.2) is 0 Å². The Bertz CT molecular complexity index is 411. The summed E-state index contributed by atoms with van der Waals surface area (Å²) in [4.78, 5) is 13.6. The molecule has 0 saturated carbocycles. The fraction of sp³-hybridized carbons (Fsp3) is 0.917. The maximum Gasteiger partial charge on any atom is 0.410 e. The highest BCUT2D eigenvalue weighted by molar-refractivity contribution is 7.88. The summed E-state index contributed by atoms with van der Waals surface area (Å²) in [5, 5.41) is 0. The van der Waals surface area contributed by atoms with Gasteiger partial charge in [0, 0.05) is 19.1 Å². The van der Waals surface area contributed by atoms with E-state index in [1.165, 1.54) is 0 Å². The largest absolute Gasteiger partial charge is 0.443 e. The zero-order valence-corrected chi connectivity index (χ0v) is 12.9. The monoisotopic (exact) mass is 292 g/mol. The predicted molar refractivity (Wildman–Crippen MR) is 73.4 cm³/mol. The fourth-order valence-corrected chi connectivity index (χ4v) is 2.70. The first kappa shape index (κ1) is 16.2. The van der Waals surface area contributed by atoms with E-state index in [0.717, 1.165) is 12.7 Å². The number of hydrogen-bond donors (Lipinski definition) is 1. The highest BCUT2D eigenvalue weighted by Gasteiger charge is 2.28. The molecule has 112 valence electrons. The number of likely N-dealkylation sites (tertiary alicyclic amines) is 1. The SMILES string of the molecule is CCC(C)(C)OC(=O)N1CCC(NS(C)(=O)=O)CC1. The van der Waals surface area contributed by atoms with Crippen molar-refractivity contribution in [2.45, 2.75) is 51.7 Å². The molecule has 6 nitrogen and oxygen atoms in total. The molecule has 1 aliphatic rings. The third-order valence-corrected chi connectivity index (χ3v) is 4.11. The van der Waals surface area contributed by atoms with E-state index in [0.29, 0.717) is 25.9 Å². The van der Waals surface area contributed by atoms with E-state index in [9.17, 15) is 13.2 Å². The second-order valence-electron chi connectivity index (χ2n) is 5.63. The lowest BCUT2D eigenvalue weighted by molar-refractivity contribution is 0.00742. The third-order valence-electron chi connectivity index (χ3n) is 3.35. The Morgan fingerprint density at radius 1 is 1.37 bits per heavy atom. The minimum Gasteiger partial charge on any atom is -0.443 e. The third kappa shape index (κ3) is 5.78. The number of ether oxygens (including phenoxy) is 1. The molecule has 7 heteroatoms. The van der Waals surface area contributed by atoms with Crippen molar-refractivity contribution in [3.63, 3.8) is 0 Å². The minimum atomic E-state index is -3.18. The van der Waals surface area contributed by atoms with E-state index in [1.807, 2.05) is 20.8 Å². The van der Waals surface area contributed by atoms with Gasteiger partial charge in [-0.25, -0.2) is 17.9 Å². The van der Waals surface area contributed by atoms with E-state index < -0.39 is 15.6 Å². The molecule has 0 atom stereocenters. The Labute approximate surface area is 115 Å². The van der Waals surface area contributed by atoms with E-state index in [2.05, 4.69) is 4.72 Å². The second kappa shape index (κ2) is 6.09.